The molecule has 4 aromatic carbocycles. The van der Waals surface area contributed by atoms with Crippen LogP contribution in [0.4, 0.5) is 22.7 Å². The molecule has 6 rings (SSSR count). The molecule has 0 atom stereocenters. The van der Waals surface area contributed by atoms with Gasteiger partial charge in [0, 0.05) is 25.7 Å². The van der Waals surface area contributed by atoms with Crippen LogP contribution in [0.1, 0.15) is 0 Å². The van der Waals surface area contributed by atoms with Crippen LogP contribution < -0.4 is 9.80 Å². The van der Waals surface area contributed by atoms with Gasteiger partial charge in [0.1, 0.15) is 6.10 Å². The number of fused-ring (bicyclic) bond motifs is 4. The predicted octanol–water partition coefficient (Wildman–Crippen LogP) is 7.69. The number of rotatable bonds is 6. The van der Waals surface area contributed by atoms with Gasteiger partial charge in [-0.3, -0.25) is 0 Å². The van der Waals surface area contributed by atoms with E-state index < -0.39 is 12.1 Å². The third-order valence-electron chi connectivity index (χ3n) is 6.29. The second kappa shape index (κ2) is 9.80. The van der Waals surface area contributed by atoms with E-state index in [0.717, 1.165) is 22.7 Å². The van der Waals surface area contributed by atoms with E-state index in [0.29, 0.717) is 13.1 Å². The van der Waals surface area contributed by atoms with Gasteiger partial charge in [0.25, 0.3) is 0 Å². The highest BCUT2D eigenvalue weighted by atomic mass is 32.2. The van der Waals surface area contributed by atoms with Crippen molar-refractivity contribution in [1.82, 2.24) is 0 Å². The molecule has 0 radical (unpaired) electrons. The first-order valence-electron chi connectivity index (χ1n) is 11.8. The lowest BCUT2D eigenvalue weighted by Crippen LogP contribution is -2.41. The third kappa shape index (κ3) is 4.27. The van der Waals surface area contributed by atoms with Crippen LogP contribution in [0.15, 0.2) is 129 Å². The van der Waals surface area contributed by atoms with Crippen molar-refractivity contribution in [1.29, 1.82) is 0 Å². The number of esters is 1. The van der Waals surface area contributed by atoms with E-state index in [9.17, 15) is 4.79 Å². The standard InChI is InChI=1S/C30H24N2O2S2/c1-2-30(33)34-21(19-31-22-11-3-7-15-26(22)35-27-16-8-4-12-23(27)31)20-32-24-13-5-9-17-28(24)36-29-18-10-6-14-25(29)32/h2-18,21H,1,19-20H2. The van der Waals surface area contributed by atoms with Crippen molar-refractivity contribution in [3.8, 4) is 0 Å². The van der Waals surface area contributed by atoms with Crippen LogP contribution in [0.3, 0.4) is 0 Å². The van der Waals surface area contributed by atoms with E-state index >= 15 is 0 Å². The Bertz CT molecular complexity index is 1260. The zero-order valence-corrected chi connectivity index (χ0v) is 21.2. The van der Waals surface area contributed by atoms with Crippen LogP contribution >= 0.6 is 23.5 Å². The zero-order chi connectivity index (χ0) is 24.5. The SMILES string of the molecule is C=CC(=O)OC(CN1c2ccccc2Sc2ccccc21)CN1c2ccccc2Sc2ccccc21. The molecule has 6 heteroatoms. The Hall–Kier alpha value is -3.61. The highest BCUT2D eigenvalue weighted by molar-refractivity contribution is 8.00. The predicted molar refractivity (Wildman–Crippen MR) is 148 cm³/mol. The average Bonchev–Trinajstić information content (AvgIpc) is 2.92. The van der Waals surface area contributed by atoms with Crippen molar-refractivity contribution < 1.29 is 9.53 Å². The van der Waals surface area contributed by atoms with Crippen molar-refractivity contribution in [2.45, 2.75) is 25.7 Å². The van der Waals surface area contributed by atoms with Crippen LogP contribution in [0.5, 0.6) is 0 Å². The van der Waals surface area contributed by atoms with E-state index in [-0.39, 0.29) is 0 Å². The molecule has 0 saturated heterocycles. The molecule has 2 aliphatic heterocycles. The minimum absolute atomic E-state index is 0.413. The van der Waals surface area contributed by atoms with Gasteiger partial charge in [-0.15, -0.1) is 0 Å². The number of carbonyl (C=O) groups excluding carboxylic acids is 1. The summed E-state index contributed by atoms with van der Waals surface area (Å²) in [5, 5.41) is 0. The molecule has 0 aliphatic carbocycles. The highest BCUT2D eigenvalue weighted by Gasteiger charge is 2.30. The number of benzene rings is 4. The monoisotopic (exact) mass is 508 g/mol. The number of ether oxygens (including phenoxy) is 1. The summed E-state index contributed by atoms with van der Waals surface area (Å²) in [6.07, 6.45) is 0.832. The molecule has 4 nitrogen and oxygen atoms in total. The summed E-state index contributed by atoms with van der Waals surface area (Å²) < 4.78 is 6.01. The van der Waals surface area contributed by atoms with E-state index in [2.05, 4.69) is 113 Å². The highest BCUT2D eigenvalue weighted by Crippen LogP contribution is 2.49. The quantitative estimate of drug-likeness (QED) is 0.196. The fourth-order valence-electron chi connectivity index (χ4n) is 4.71. The van der Waals surface area contributed by atoms with E-state index in [1.54, 1.807) is 23.5 Å². The molecule has 2 heterocycles. The Morgan fingerprint density at radius 3 is 1.33 bits per heavy atom. The summed E-state index contributed by atoms with van der Waals surface area (Å²) in [6.45, 7) is 4.67. The van der Waals surface area contributed by atoms with Crippen molar-refractivity contribution in [3.63, 3.8) is 0 Å². The average molecular weight is 509 g/mol. The van der Waals surface area contributed by atoms with E-state index in [4.69, 9.17) is 4.74 Å². The fraction of sp³-hybridized carbons (Fsp3) is 0.100. The Morgan fingerprint density at radius 1 is 0.667 bits per heavy atom. The molecule has 0 N–H and O–H groups in total. The molecule has 0 amide bonds. The maximum absolute atomic E-state index is 12.5. The van der Waals surface area contributed by atoms with Gasteiger partial charge in [0.15, 0.2) is 0 Å². The molecule has 178 valence electrons. The lowest BCUT2D eigenvalue weighted by Gasteiger charge is -2.38. The van der Waals surface area contributed by atoms with Gasteiger partial charge in [0.2, 0.25) is 0 Å². The number of nitrogens with zero attached hydrogens (tertiary/aromatic N) is 2. The maximum atomic E-state index is 12.5. The Labute approximate surface area is 219 Å². The Kier molecular flexibility index (Phi) is 6.21. The molecular formula is C30H24N2O2S2. The smallest absolute Gasteiger partial charge is 0.330 e. The van der Waals surface area contributed by atoms with Crippen molar-refractivity contribution in [2.24, 2.45) is 0 Å². The number of carbonyl (C=O) groups is 1. The summed E-state index contributed by atoms with van der Waals surface area (Å²) in [6, 6.07) is 33.6. The number of anilines is 4. The van der Waals surface area contributed by atoms with Crippen LogP contribution in [0.25, 0.3) is 0 Å². The maximum Gasteiger partial charge on any atom is 0.330 e. The largest absolute Gasteiger partial charge is 0.455 e. The molecule has 0 bridgehead atoms. The molecule has 0 spiro atoms. The third-order valence-corrected chi connectivity index (χ3v) is 8.55. The summed E-state index contributed by atoms with van der Waals surface area (Å²) in [5.41, 5.74) is 4.48. The molecule has 0 saturated carbocycles. The summed E-state index contributed by atoms with van der Waals surface area (Å²) in [5.74, 6) is -0.416. The van der Waals surface area contributed by atoms with Gasteiger partial charge in [-0.2, -0.15) is 0 Å². The van der Waals surface area contributed by atoms with Gasteiger partial charge >= 0.3 is 5.97 Å². The molecule has 2 aliphatic rings. The topological polar surface area (TPSA) is 32.8 Å². The van der Waals surface area contributed by atoms with Gasteiger partial charge < -0.3 is 14.5 Å². The Balaban J connectivity index is 1.39. The van der Waals surface area contributed by atoms with Crippen LogP contribution in [-0.2, 0) is 9.53 Å². The molecule has 4 aromatic rings. The lowest BCUT2D eigenvalue weighted by molar-refractivity contribution is -0.142. The molecule has 36 heavy (non-hydrogen) atoms. The minimum atomic E-state index is -0.416. The second-order valence-electron chi connectivity index (χ2n) is 8.56. The first-order chi connectivity index (χ1) is 17.7. The number of para-hydroxylation sites is 4. The van der Waals surface area contributed by atoms with Gasteiger partial charge in [-0.25, -0.2) is 4.79 Å². The van der Waals surface area contributed by atoms with Crippen molar-refractivity contribution >= 4 is 52.2 Å². The first kappa shape index (κ1) is 22.8. The molecular weight excluding hydrogens is 484 g/mol. The number of hydrogen-bond acceptors (Lipinski definition) is 6. The van der Waals surface area contributed by atoms with Crippen molar-refractivity contribution in [3.05, 3.63) is 110 Å². The second-order valence-corrected chi connectivity index (χ2v) is 10.7. The fourth-order valence-corrected chi connectivity index (χ4v) is 6.90. The molecule has 0 unspecified atom stereocenters. The van der Waals surface area contributed by atoms with Gasteiger partial charge in [-0.05, 0) is 48.5 Å². The van der Waals surface area contributed by atoms with E-state index in [1.807, 2.05) is 0 Å². The van der Waals surface area contributed by atoms with Crippen LogP contribution in [0, 0.1) is 0 Å². The normalized spacial score (nSPS) is 13.4. The minimum Gasteiger partial charge on any atom is -0.455 e. The van der Waals surface area contributed by atoms with E-state index in [1.165, 1.54) is 25.7 Å². The van der Waals surface area contributed by atoms with Gasteiger partial charge in [0.05, 0.1) is 35.8 Å². The summed E-state index contributed by atoms with van der Waals surface area (Å²) in [7, 11) is 0. The number of hydrogen-bond donors (Lipinski definition) is 0. The van der Waals surface area contributed by atoms with Crippen LogP contribution in [-0.4, -0.2) is 25.2 Å². The first-order valence-corrected chi connectivity index (χ1v) is 13.4. The summed E-state index contributed by atoms with van der Waals surface area (Å²) in [4.78, 5) is 21.8. The Morgan fingerprint density at radius 2 is 1.00 bits per heavy atom. The van der Waals surface area contributed by atoms with Gasteiger partial charge in [-0.1, -0.05) is 78.6 Å². The lowest BCUT2D eigenvalue weighted by atomic mass is 10.1. The van der Waals surface area contributed by atoms with Crippen LogP contribution in [0.2, 0.25) is 0 Å². The molecule has 0 aromatic heterocycles. The zero-order valence-electron chi connectivity index (χ0n) is 19.5. The summed E-state index contributed by atoms with van der Waals surface area (Å²) >= 11 is 3.54. The van der Waals surface area contributed by atoms with Crippen molar-refractivity contribution in [2.75, 3.05) is 22.9 Å². The molecule has 0 fully saturated rings.